The van der Waals surface area contributed by atoms with Gasteiger partial charge in [-0.3, -0.25) is 10.1 Å². The maximum Gasteiger partial charge on any atom is 0.269 e. The Kier molecular flexibility index (Phi) is 5.22. The van der Waals surface area contributed by atoms with Crippen molar-refractivity contribution in [3.63, 3.8) is 0 Å². The minimum absolute atomic E-state index is 0.0802. The molecule has 25 heavy (non-hydrogen) atoms. The number of hydrogen-bond acceptors (Lipinski definition) is 5. The van der Waals surface area contributed by atoms with E-state index in [4.69, 9.17) is 0 Å². The summed E-state index contributed by atoms with van der Waals surface area (Å²) in [6.45, 7) is 3.86. The number of rotatable bonds is 5. The highest BCUT2D eigenvalue weighted by atomic mass is 16.6. The molecule has 0 aliphatic carbocycles. The van der Waals surface area contributed by atoms with Crippen molar-refractivity contribution in [1.29, 1.82) is 0 Å². The van der Waals surface area contributed by atoms with Crippen LogP contribution in [0.25, 0.3) is 0 Å². The predicted molar refractivity (Wildman–Crippen MR) is 93.2 cm³/mol. The van der Waals surface area contributed by atoms with E-state index in [1.54, 1.807) is 18.5 Å². The number of aliphatic imine (C=N–C) groups is 1. The third-order valence-corrected chi connectivity index (χ3v) is 4.03. The molecule has 0 saturated heterocycles. The van der Waals surface area contributed by atoms with Crippen LogP contribution in [0.5, 0.6) is 0 Å². The molecule has 2 N–H and O–H groups in total. The molecule has 1 atom stereocenters. The monoisotopic (exact) mass is 343 g/mol. The first-order chi connectivity index (χ1) is 12.2. The molecule has 1 aliphatic heterocycles. The number of nitrogens with zero attached hydrogens (tertiary/aromatic N) is 5. The van der Waals surface area contributed by atoms with Gasteiger partial charge in [-0.2, -0.15) is 5.10 Å². The van der Waals surface area contributed by atoms with E-state index in [0.29, 0.717) is 12.5 Å². The van der Waals surface area contributed by atoms with Gasteiger partial charge in [0.2, 0.25) is 0 Å². The number of guanidine groups is 1. The maximum atomic E-state index is 10.9. The Morgan fingerprint density at radius 3 is 3.20 bits per heavy atom. The van der Waals surface area contributed by atoms with E-state index in [1.807, 2.05) is 17.7 Å². The molecule has 0 saturated carbocycles. The quantitative estimate of drug-likeness (QED) is 0.366. The second kappa shape index (κ2) is 7.73. The molecule has 1 aromatic carbocycles. The Balaban J connectivity index is 1.65. The molecule has 0 fully saturated rings. The highest BCUT2D eigenvalue weighted by Gasteiger charge is 2.20. The van der Waals surface area contributed by atoms with Crippen LogP contribution in [-0.2, 0) is 19.5 Å². The van der Waals surface area contributed by atoms with Gasteiger partial charge in [-0.05, 0) is 18.9 Å². The molecule has 0 radical (unpaired) electrons. The molecule has 0 spiro atoms. The summed E-state index contributed by atoms with van der Waals surface area (Å²) >= 11 is 0. The van der Waals surface area contributed by atoms with Gasteiger partial charge in [-0.1, -0.05) is 12.1 Å². The van der Waals surface area contributed by atoms with E-state index >= 15 is 0 Å². The number of nitro groups is 1. The second-order valence-corrected chi connectivity index (χ2v) is 5.86. The van der Waals surface area contributed by atoms with E-state index < -0.39 is 4.92 Å². The van der Waals surface area contributed by atoms with Gasteiger partial charge in [0.25, 0.3) is 5.69 Å². The van der Waals surface area contributed by atoms with Crippen LogP contribution < -0.4 is 10.6 Å². The summed E-state index contributed by atoms with van der Waals surface area (Å²) < 4.78 is 1.91. The zero-order chi connectivity index (χ0) is 17.6. The van der Waals surface area contributed by atoms with Crippen molar-refractivity contribution in [2.75, 3.05) is 6.54 Å². The number of benzene rings is 1. The van der Waals surface area contributed by atoms with Crippen molar-refractivity contribution in [2.24, 2.45) is 4.99 Å². The number of aryl methyl sites for hydroxylation is 1. The molecule has 2 heterocycles. The maximum absolute atomic E-state index is 10.9. The Labute approximate surface area is 145 Å². The summed E-state index contributed by atoms with van der Waals surface area (Å²) in [6.07, 6.45) is 3.42. The fourth-order valence-corrected chi connectivity index (χ4v) is 2.81. The highest BCUT2D eigenvalue weighted by molar-refractivity contribution is 5.80. The lowest BCUT2D eigenvalue weighted by molar-refractivity contribution is -0.384. The first-order valence-corrected chi connectivity index (χ1v) is 8.30. The minimum atomic E-state index is -0.394. The summed E-state index contributed by atoms with van der Waals surface area (Å²) in [5.41, 5.74) is 0.880. The molecule has 0 amide bonds. The van der Waals surface area contributed by atoms with Crippen LogP contribution in [0.4, 0.5) is 5.69 Å². The molecule has 3 rings (SSSR count). The standard InChI is InChI=1S/C16H21N7O2/c1-2-17-16(18-9-12-4-3-5-14(8-12)23(24)25)21-13-6-7-15-19-11-20-22(15)10-13/h3-5,8,11,13H,2,6-7,9-10H2,1H3,(H2,17,18,21). The van der Waals surface area contributed by atoms with Crippen molar-refractivity contribution in [3.8, 4) is 0 Å². The number of aromatic nitrogens is 3. The summed E-state index contributed by atoms with van der Waals surface area (Å²) in [5.74, 6) is 1.71. The SMILES string of the molecule is CCNC(=NCc1cccc([N+](=O)[O-])c1)NC1CCc2ncnn2C1. The largest absolute Gasteiger partial charge is 0.357 e. The van der Waals surface area contributed by atoms with Crippen molar-refractivity contribution in [3.05, 3.63) is 52.1 Å². The highest BCUT2D eigenvalue weighted by Crippen LogP contribution is 2.14. The van der Waals surface area contributed by atoms with Crippen LogP contribution in [-0.4, -0.2) is 38.2 Å². The Hall–Kier alpha value is -2.97. The third-order valence-electron chi connectivity index (χ3n) is 4.03. The van der Waals surface area contributed by atoms with Gasteiger partial charge in [0.15, 0.2) is 5.96 Å². The fourth-order valence-electron chi connectivity index (χ4n) is 2.81. The van der Waals surface area contributed by atoms with Gasteiger partial charge in [0.1, 0.15) is 12.2 Å². The molecule has 9 nitrogen and oxygen atoms in total. The zero-order valence-corrected chi connectivity index (χ0v) is 14.1. The van der Waals surface area contributed by atoms with Crippen LogP contribution in [0.3, 0.4) is 0 Å². The normalized spacial score (nSPS) is 17.0. The first kappa shape index (κ1) is 16.9. The van der Waals surface area contributed by atoms with Crippen molar-refractivity contribution in [2.45, 2.75) is 38.9 Å². The molecule has 2 aromatic rings. The van der Waals surface area contributed by atoms with Gasteiger partial charge in [-0.15, -0.1) is 0 Å². The lowest BCUT2D eigenvalue weighted by Crippen LogP contribution is -2.47. The Morgan fingerprint density at radius 2 is 2.40 bits per heavy atom. The summed E-state index contributed by atoms with van der Waals surface area (Å²) in [7, 11) is 0. The molecule has 1 aliphatic rings. The molecular weight excluding hydrogens is 322 g/mol. The molecule has 0 bridgehead atoms. The van der Waals surface area contributed by atoms with Crippen LogP contribution in [0, 0.1) is 10.1 Å². The van der Waals surface area contributed by atoms with Crippen molar-refractivity contribution < 1.29 is 4.92 Å². The minimum Gasteiger partial charge on any atom is -0.357 e. The second-order valence-electron chi connectivity index (χ2n) is 5.86. The Morgan fingerprint density at radius 1 is 1.52 bits per heavy atom. The van der Waals surface area contributed by atoms with Crippen molar-refractivity contribution in [1.82, 2.24) is 25.4 Å². The summed E-state index contributed by atoms with van der Waals surface area (Å²) in [4.78, 5) is 19.2. The lowest BCUT2D eigenvalue weighted by atomic mass is 10.1. The molecule has 1 aromatic heterocycles. The average Bonchev–Trinajstić information content (AvgIpc) is 3.08. The van der Waals surface area contributed by atoms with Crippen molar-refractivity contribution >= 4 is 11.6 Å². The fraction of sp³-hybridized carbons (Fsp3) is 0.438. The number of hydrogen-bond donors (Lipinski definition) is 2. The van der Waals surface area contributed by atoms with Gasteiger partial charge >= 0.3 is 0 Å². The van der Waals surface area contributed by atoms with Gasteiger partial charge in [0.05, 0.1) is 18.0 Å². The number of nitro benzene ring substituents is 1. The van der Waals surface area contributed by atoms with Crippen LogP contribution in [0.1, 0.15) is 24.7 Å². The van der Waals surface area contributed by atoms with E-state index in [-0.39, 0.29) is 11.7 Å². The Bertz CT molecular complexity index is 771. The third kappa shape index (κ3) is 4.31. The molecule has 1 unspecified atom stereocenters. The predicted octanol–water partition coefficient (Wildman–Crippen LogP) is 1.26. The molecular formula is C16H21N7O2. The van der Waals surface area contributed by atoms with Gasteiger partial charge < -0.3 is 10.6 Å². The van der Waals surface area contributed by atoms with Gasteiger partial charge in [0, 0.05) is 31.1 Å². The number of nitrogens with one attached hydrogen (secondary N) is 2. The average molecular weight is 343 g/mol. The van der Waals surface area contributed by atoms with E-state index in [9.17, 15) is 10.1 Å². The van der Waals surface area contributed by atoms with E-state index in [0.717, 1.165) is 37.3 Å². The smallest absolute Gasteiger partial charge is 0.269 e. The van der Waals surface area contributed by atoms with E-state index in [2.05, 4.69) is 25.7 Å². The summed E-state index contributed by atoms with van der Waals surface area (Å²) in [6, 6.07) is 6.76. The first-order valence-electron chi connectivity index (χ1n) is 8.30. The van der Waals surface area contributed by atoms with Crippen LogP contribution in [0.15, 0.2) is 35.6 Å². The molecule has 132 valence electrons. The van der Waals surface area contributed by atoms with E-state index in [1.165, 1.54) is 6.07 Å². The molecule has 9 heteroatoms. The lowest BCUT2D eigenvalue weighted by Gasteiger charge is -2.25. The van der Waals surface area contributed by atoms with Gasteiger partial charge in [-0.25, -0.2) is 14.7 Å². The van der Waals surface area contributed by atoms with Crippen LogP contribution in [0.2, 0.25) is 0 Å². The van der Waals surface area contributed by atoms with Crippen LogP contribution >= 0.6 is 0 Å². The zero-order valence-electron chi connectivity index (χ0n) is 14.1. The number of non-ortho nitro benzene ring substituents is 1. The topological polar surface area (TPSA) is 110 Å². The number of fused-ring (bicyclic) bond motifs is 1. The summed E-state index contributed by atoms with van der Waals surface area (Å²) in [5, 5.41) is 21.7.